The summed E-state index contributed by atoms with van der Waals surface area (Å²) in [6.07, 6.45) is 4.71. The van der Waals surface area contributed by atoms with Crippen LogP contribution in [0.1, 0.15) is 16.8 Å². The molecule has 0 unspecified atom stereocenters. The van der Waals surface area contributed by atoms with Crippen LogP contribution < -0.4 is 9.64 Å². The summed E-state index contributed by atoms with van der Waals surface area (Å²) in [6.45, 7) is 2.95. The Labute approximate surface area is 157 Å². The van der Waals surface area contributed by atoms with E-state index in [0.29, 0.717) is 24.5 Å². The molecule has 0 aliphatic carbocycles. The number of carbonyl (C=O) groups is 1. The molecule has 2 aliphatic heterocycles. The molecule has 1 amide bonds. The summed E-state index contributed by atoms with van der Waals surface area (Å²) in [6, 6.07) is 9.45. The molecule has 26 heavy (non-hydrogen) atoms. The van der Waals surface area contributed by atoms with Crippen molar-refractivity contribution in [3.63, 3.8) is 0 Å². The number of piperazine rings is 1. The molecule has 0 saturated carbocycles. The molecule has 0 aromatic carbocycles. The Morgan fingerprint density at radius 1 is 1.12 bits per heavy atom. The average Bonchev–Trinajstić information content (AvgIpc) is 3.21. The van der Waals surface area contributed by atoms with E-state index in [-0.39, 0.29) is 12.0 Å². The second-order valence-corrected chi connectivity index (χ2v) is 7.60. The molecule has 4 rings (SSSR count). The molecule has 2 aromatic rings. The largest absolute Gasteiger partial charge is 0.473 e. The van der Waals surface area contributed by atoms with E-state index in [0.717, 1.165) is 36.8 Å². The second-order valence-electron chi connectivity index (χ2n) is 6.45. The molecule has 7 heteroatoms. The first-order chi connectivity index (χ1) is 12.8. The van der Waals surface area contributed by atoms with Crippen LogP contribution in [0.3, 0.4) is 0 Å². The highest BCUT2D eigenvalue weighted by Crippen LogP contribution is 2.23. The number of hydrogen-bond acceptors (Lipinski definition) is 6. The Morgan fingerprint density at radius 2 is 2.00 bits per heavy atom. The zero-order valence-corrected chi connectivity index (χ0v) is 15.4. The van der Waals surface area contributed by atoms with Crippen LogP contribution in [0.2, 0.25) is 0 Å². The van der Waals surface area contributed by atoms with Crippen molar-refractivity contribution in [1.29, 1.82) is 0 Å². The van der Waals surface area contributed by atoms with Gasteiger partial charge in [-0.1, -0.05) is 6.07 Å². The molecule has 2 saturated heterocycles. The van der Waals surface area contributed by atoms with Crippen LogP contribution in [0.4, 0.5) is 5.82 Å². The number of hydrogen-bond donors (Lipinski definition) is 0. The molecular formula is C19H22N4O2S. The van der Waals surface area contributed by atoms with E-state index in [9.17, 15) is 4.79 Å². The lowest BCUT2D eigenvalue weighted by Gasteiger charge is -2.35. The van der Waals surface area contributed by atoms with E-state index in [4.69, 9.17) is 4.74 Å². The van der Waals surface area contributed by atoms with Crippen molar-refractivity contribution in [2.24, 2.45) is 0 Å². The molecule has 2 aliphatic rings. The van der Waals surface area contributed by atoms with E-state index in [2.05, 4.69) is 14.9 Å². The Morgan fingerprint density at radius 3 is 2.73 bits per heavy atom. The second kappa shape index (κ2) is 7.95. The molecule has 1 atom stereocenters. The minimum Gasteiger partial charge on any atom is -0.473 e. The number of ether oxygens (including phenoxy) is 1. The minimum atomic E-state index is 0.0405. The molecule has 0 spiro atoms. The lowest BCUT2D eigenvalue weighted by Crippen LogP contribution is -2.49. The van der Waals surface area contributed by atoms with Crippen LogP contribution in [0.5, 0.6) is 5.88 Å². The first kappa shape index (κ1) is 17.1. The van der Waals surface area contributed by atoms with Gasteiger partial charge in [-0.3, -0.25) is 4.79 Å². The van der Waals surface area contributed by atoms with Gasteiger partial charge in [0.15, 0.2) is 0 Å². The number of rotatable bonds is 4. The zero-order chi connectivity index (χ0) is 17.8. The molecule has 0 radical (unpaired) electrons. The van der Waals surface area contributed by atoms with Gasteiger partial charge in [-0.15, -0.1) is 0 Å². The predicted octanol–water partition coefficient (Wildman–Crippen LogP) is 2.32. The maximum Gasteiger partial charge on any atom is 0.254 e. The number of aromatic nitrogens is 2. The van der Waals surface area contributed by atoms with Crippen LogP contribution in [0.15, 0.2) is 42.7 Å². The number of nitrogens with zero attached hydrogens (tertiary/aromatic N) is 4. The summed E-state index contributed by atoms with van der Waals surface area (Å²) < 4.78 is 5.91. The van der Waals surface area contributed by atoms with E-state index < -0.39 is 0 Å². The topological polar surface area (TPSA) is 58.6 Å². The van der Waals surface area contributed by atoms with Gasteiger partial charge >= 0.3 is 0 Å². The summed E-state index contributed by atoms with van der Waals surface area (Å²) in [5.74, 6) is 3.68. The Balaban J connectivity index is 1.37. The average molecular weight is 370 g/mol. The van der Waals surface area contributed by atoms with Crippen LogP contribution in [-0.4, -0.2) is 64.6 Å². The number of thioether (sulfide) groups is 1. The Kier molecular flexibility index (Phi) is 5.24. The molecule has 0 N–H and O–H groups in total. The van der Waals surface area contributed by atoms with Crippen LogP contribution in [-0.2, 0) is 0 Å². The van der Waals surface area contributed by atoms with Gasteiger partial charge in [-0.05, 0) is 30.4 Å². The van der Waals surface area contributed by atoms with Gasteiger partial charge in [0.2, 0.25) is 5.88 Å². The molecule has 0 bridgehead atoms. The van der Waals surface area contributed by atoms with Gasteiger partial charge in [-0.2, -0.15) is 11.8 Å². The fourth-order valence-electron chi connectivity index (χ4n) is 3.25. The number of pyridine rings is 2. The maximum atomic E-state index is 12.8. The number of anilines is 1. The normalized spacial score (nSPS) is 20.2. The highest BCUT2D eigenvalue weighted by atomic mass is 32.2. The summed E-state index contributed by atoms with van der Waals surface area (Å²) in [5, 5.41) is 0. The first-order valence-electron chi connectivity index (χ1n) is 8.95. The number of carbonyl (C=O) groups excluding carboxylic acids is 1. The lowest BCUT2D eigenvalue weighted by molar-refractivity contribution is 0.0745. The summed E-state index contributed by atoms with van der Waals surface area (Å²) in [5.41, 5.74) is 0.645. The molecule has 2 fully saturated rings. The van der Waals surface area contributed by atoms with Gasteiger partial charge in [0.05, 0.1) is 0 Å². The fraction of sp³-hybridized carbons (Fsp3) is 0.421. The smallest absolute Gasteiger partial charge is 0.254 e. The third kappa shape index (κ3) is 3.93. The van der Waals surface area contributed by atoms with E-state index in [1.807, 2.05) is 34.9 Å². The lowest BCUT2D eigenvalue weighted by atomic mass is 10.2. The van der Waals surface area contributed by atoms with Crippen LogP contribution in [0, 0.1) is 0 Å². The van der Waals surface area contributed by atoms with Gasteiger partial charge < -0.3 is 14.5 Å². The monoisotopic (exact) mass is 370 g/mol. The van der Waals surface area contributed by atoms with Crippen molar-refractivity contribution in [3.05, 3.63) is 48.3 Å². The van der Waals surface area contributed by atoms with Crippen molar-refractivity contribution in [3.8, 4) is 5.88 Å². The van der Waals surface area contributed by atoms with E-state index in [1.165, 1.54) is 0 Å². The van der Waals surface area contributed by atoms with Crippen LogP contribution >= 0.6 is 11.8 Å². The van der Waals surface area contributed by atoms with Crippen molar-refractivity contribution in [2.75, 3.05) is 42.6 Å². The molecule has 2 aromatic heterocycles. The van der Waals surface area contributed by atoms with Crippen molar-refractivity contribution in [2.45, 2.75) is 12.5 Å². The highest BCUT2D eigenvalue weighted by molar-refractivity contribution is 7.99. The molecule has 4 heterocycles. The molecule has 6 nitrogen and oxygen atoms in total. The van der Waals surface area contributed by atoms with Crippen LogP contribution in [0.25, 0.3) is 0 Å². The highest BCUT2D eigenvalue weighted by Gasteiger charge is 2.24. The molecule has 136 valence electrons. The van der Waals surface area contributed by atoms with Gasteiger partial charge in [0.25, 0.3) is 5.91 Å². The SMILES string of the molecule is O=C(c1ccnc(O[C@H]2CCSC2)c1)N1CCN(c2ccccn2)CC1. The van der Waals surface area contributed by atoms with Gasteiger partial charge in [0.1, 0.15) is 11.9 Å². The van der Waals surface area contributed by atoms with Crippen molar-refractivity contribution < 1.29 is 9.53 Å². The van der Waals surface area contributed by atoms with E-state index >= 15 is 0 Å². The number of amides is 1. The maximum absolute atomic E-state index is 12.8. The Hall–Kier alpha value is -2.28. The summed E-state index contributed by atoms with van der Waals surface area (Å²) in [4.78, 5) is 25.6. The van der Waals surface area contributed by atoms with Crippen molar-refractivity contribution in [1.82, 2.24) is 14.9 Å². The summed E-state index contributed by atoms with van der Waals surface area (Å²) >= 11 is 1.90. The minimum absolute atomic E-state index is 0.0405. The Bertz CT molecular complexity index is 744. The third-order valence-electron chi connectivity index (χ3n) is 4.70. The summed E-state index contributed by atoms with van der Waals surface area (Å²) in [7, 11) is 0. The zero-order valence-electron chi connectivity index (χ0n) is 14.6. The standard InChI is InChI=1S/C19H22N4O2S/c24-19(15-4-7-21-18(13-15)25-16-5-12-26-14-16)23-10-8-22(9-11-23)17-3-1-2-6-20-17/h1-4,6-7,13,16H,5,8-12,14H2/t16-/m0/s1. The van der Waals surface area contributed by atoms with Gasteiger partial charge in [0, 0.05) is 56.0 Å². The van der Waals surface area contributed by atoms with Gasteiger partial charge in [-0.25, -0.2) is 9.97 Å². The quantitative estimate of drug-likeness (QED) is 0.823. The predicted molar refractivity (Wildman–Crippen MR) is 103 cm³/mol. The first-order valence-corrected chi connectivity index (χ1v) is 10.1. The third-order valence-corrected chi connectivity index (χ3v) is 5.83. The fourth-order valence-corrected chi connectivity index (χ4v) is 4.34. The molecular weight excluding hydrogens is 348 g/mol. The van der Waals surface area contributed by atoms with E-state index in [1.54, 1.807) is 24.5 Å². The van der Waals surface area contributed by atoms with Crippen molar-refractivity contribution >= 4 is 23.5 Å².